The number of amides is 1. The molecule has 1 N–H and O–H groups in total. The number of carbonyl (C=O) groups excluding carboxylic acids is 1. The predicted octanol–water partition coefficient (Wildman–Crippen LogP) is 2.11. The van der Waals surface area contributed by atoms with Crippen LogP contribution in [0.25, 0.3) is 0 Å². The molecule has 0 atom stereocenters. The molecule has 1 aromatic rings. The molecule has 1 saturated carbocycles. The molecule has 102 valence electrons. The van der Waals surface area contributed by atoms with Crippen LogP contribution in [0.1, 0.15) is 25.7 Å². The van der Waals surface area contributed by atoms with Crippen LogP contribution in [0.4, 0.5) is 10.1 Å². The first-order valence-corrected chi connectivity index (χ1v) is 7.92. The summed E-state index contributed by atoms with van der Waals surface area (Å²) in [6.45, 7) is 0. The fourth-order valence-corrected chi connectivity index (χ4v) is 5.08. The Hall–Kier alpha value is -1.43. The standard InChI is InChI=1S/C13H14FNO3S/c14-9-3-4-11-10(7-9)15-12(16)13(5-1-2-6-13)8-19(11,17)18/h3-4,7H,1-2,5-6,8H2,(H,15,16). The molecule has 0 saturated heterocycles. The van der Waals surface area contributed by atoms with Gasteiger partial charge < -0.3 is 5.32 Å². The van der Waals surface area contributed by atoms with Crippen LogP contribution in [-0.4, -0.2) is 20.1 Å². The first-order chi connectivity index (χ1) is 8.93. The van der Waals surface area contributed by atoms with E-state index in [1.54, 1.807) is 0 Å². The monoisotopic (exact) mass is 283 g/mol. The van der Waals surface area contributed by atoms with E-state index in [1.165, 1.54) is 6.07 Å². The molecule has 1 aliphatic carbocycles. The Bertz CT molecular complexity index is 648. The molecule has 0 bridgehead atoms. The molecule has 3 rings (SSSR count). The smallest absolute Gasteiger partial charge is 0.231 e. The number of benzene rings is 1. The zero-order valence-electron chi connectivity index (χ0n) is 10.3. The topological polar surface area (TPSA) is 63.2 Å². The van der Waals surface area contributed by atoms with Gasteiger partial charge in [-0.2, -0.15) is 0 Å². The van der Waals surface area contributed by atoms with Gasteiger partial charge in [0.15, 0.2) is 9.84 Å². The Balaban J connectivity index is 2.16. The minimum absolute atomic E-state index is 0.0195. The maximum Gasteiger partial charge on any atom is 0.231 e. The largest absolute Gasteiger partial charge is 0.324 e. The van der Waals surface area contributed by atoms with E-state index in [1.807, 2.05) is 0 Å². The molecular weight excluding hydrogens is 269 g/mol. The summed E-state index contributed by atoms with van der Waals surface area (Å²) in [5, 5.41) is 2.59. The summed E-state index contributed by atoms with van der Waals surface area (Å²) in [4.78, 5) is 12.3. The van der Waals surface area contributed by atoms with Gasteiger partial charge >= 0.3 is 0 Å². The van der Waals surface area contributed by atoms with Gasteiger partial charge in [-0.15, -0.1) is 0 Å². The van der Waals surface area contributed by atoms with Crippen LogP contribution in [0.2, 0.25) is 0 Å². The molecule has 1 amide bonds. The quantitative estimate of drug-likeness (QED) is 0.742. The summed E-state index contributed by atoms with van der Waals surface area (Å²) in [7, 11) is -3.57. The van der Waals surface area contributed by atoms with Gasteiger partial charge in [-0.25, -0.2) is 12.8 Å². The van der Waals surface area contributed by atoms with E-state index in [0.29, 0.717) is 12.8 Å². The third-order valence-electron chi connectivity index (χ3n) is 4.03. The fraction of sp³-hybridized carbons (Fsp3) is 0.462. The van der Waals surface area contributed by atoms with E-state index in [2.05, 4.69) is 5.32 Å². The van der Waals surface area contributed by atoms with Crippen molar-refractivity contribution < 1.29 is 17.6 Å². The van der Waals surface area contributed by atoms with Gasteiger partial charge in [-0.3, -0.25) is 4.79 Å². The van der Waals surface area contributed by atoms with Crippen molar-refractivity contribution >= 4 is 21.4 Å². The lowest BCUT2D eigenvalue weighted by atomic mass is 9.87. The summed E-state index contributed by atoms with van der Waals surface area (Å²) in [5.74, 6) is -1.03. The molecule has 1 fully saturated rings. The van der Waals surface area contributed by atoms with Crippen molar-refractivity contribution in [1.29, 1.82) is 0 Å². The number of hydrogen-bond acceptors (Lipinski definition) is 3. The third-order valence-corrected chi connectivity index (χ3v) is 5.99. The van der Waals surface area contributed by atoms with Gasteiger partial charge in [0, 0.05) is 0 Å². The fourth-order valence-electron chi connectivity index (χ4n) is 3.06. The summed E-state index contributed by atoms with van der Waals surface area (Å²) in [5.41, 5.74) is -0.775. The summed E-state index contributed by atoms with van der Waals surface area (Å²) >= 11 is 0. The van der Waals surface area contributed by atoms with Gasteiger partial charge in [-0.05, 0) is 31.0 Å². The lowest BCUT2D eigenvalue weighted by Crippen LogP contribution is -2.37. The lowest BCUT2D eigenvalue weighted by Gasteiger charge is -2.23. The van der Waals surface area contributed by atoms with Crippen molar-refractivity contribution in [2.75, 3.05) is 11.1 Å². The van der Waals surface area contributed by atoms with E-state index in [0.717, 1.165) is 25.0 Å². The van der Waals surface area contributed by atoms with Crippen LogP contribution in [0.15, 0.2) is 23.1 Å². The number of carbonyl (C=O) groups is 1. The molecule has 0 radical (unpaired) electrons. The molecule has 0 aromatic heterocycles. The molecule has 2 aliphatic rings. The van der Waals surface area contributed by atoms with Crippen molar-refractivity contribution in [3.05, 3.63) is 24.0 Å². The molecule has 19 heavy (non-hydrogen) atoms. The van der Waals surface area contributed by atoms with Crippen LogP contribution in [0.5, 0.6) is 0 Å². The number of fused-ring (bicyclic) bond motifs is 1. The van der Waals surface area contributed by atoms with Crippen LogP contribution in [0, 0.1) is 11.2 Å². The highest BCUT2D eigenvalue weighted by atomic mass is 32.2. The maximum atomic E-state index is 13.2. The van der Waals surface area contributed by atoms with E-state index < -0.39 is 21.1 Å². The zero-order chi connectivity index (χ0) is 13.7. The van der Waals surface area contributed by atoms with Crippen molar-refractivity contribution in [3.63, 3.8) is 0 Å². The summed E-state index contributed by atoms with van der Waals surface area (Å²) in [6, 6.07) is 3.40. The Morgan fingerprint density at radius 1 is 1.21 bits per heavy atom. The van der Waals surface area contributed by atoms with Crippen LogP contribution >= 0.6 is 0 Å². The van der Waals surface area contributed by atoms with Crippen LogP contribution < -0.4 is 5.32 Å². The summed E-state index contributed by atoms with van der Waals surface area (Å²) in [6.07, 6.45) is 2.87. The Morgan fingerprint density at radius 3 is 2.58 bits per heavy atom. The SMILES string of the molecule is O=C1Nc2cc(F)ccc2S(=O)(=O)CC12CCCC2. The highest BCUT2D eigenvalue weighted by Crippen LogP contribution is 2.44. The minimum Gasteiger partial charge on any atom is -0.324 e. The normalized spacial score (nSPS) is 23.7. The van der Waals surface area contributed by atoms with Gasteiger partial charge in [-0.1, -0.05) is 12.8 Å². The second kappa shape index (κ2) is 4.03. The summed E-state index contributed by atoms with van der Waals surface area (Å²) < 4.78 is 38.0. The first kappa shape index (κ1) is 12.6. The van der Waals surface area contributed by atoms with Gasteiger partial charge in [0.1, 0.15) is 5.82 Å². The molecule has 1 heterocycles. The van der Waals surface area contributed by atoms with E-state index in [-0.39, 0.29) is 22.2 Å². The van der Waals surface area contributed by atoms with E-state index >= 15 is 0 Å². The van der Waals surface area contributed by atoms with Crippen LogP contribution in [-0.2, 0) is 14.6 Å². The number of nitrogens with one attached hydrogen (secondary N) is 1. The molecule has 6 heteroatoms. The third kappa shape index (κ3) is 1.94. The average molecular weight is 283 g/mol. The van der Waals surface area contributed by atoms with Crippen LogP contribution in [0.3, 0.4) is 0 Å². The van der Waals surface area contributed by atoms with Gasteiger partial charge in [0.2, 0.25) is 5.91 Å². The van der Waals surface area contributed by atoms with Crippen molar-refractivity contribution in [3.8, 4) is 0 Å². The molecule has 1 aliphatic heterocycles. The number of anilines is 1. The molecule has 1 aromatic carbocycles. The Kier molecular flexibility index (Phi) is 2.67. The second-order valence-electron chi connectivity index (χ2n) is 5.34. The number of halogens is 1. The van der Waals surface area contributed by atoms with E-state index in [4.69, 9.17) is 0 Å². The van der Waals surface area contributed by atoms with Crippen molar-refractivity contribution in [2.24, 2.45) is 5.41 Å². The Morgan fingerprint density at radius 2 is 1.89 bits per heavy atom. The number of hydrogen-bond donors (Lipinski definition) is 1. The maximum absolute atomic E-state index is 13.2. The highest BCUT2D eigenvalue weighted by Gasteiger charge is 2.47. The van der Waals surface area contributed by atoms with Crippen molar-refractivity contribution in [2.45, 2.75) is 30.6 Å². The zero-order valence-corrected chi connectivity index (χ0v) is 11.1. The number of rotatable bonds is 0. The first-order valence-electron chi connectivity index (χ1n) is 6.27. The van der Waals surface area contributed by atoms with Gasteiger partial charge in [0.25, 0.3) is 0 Å². The highest BCUT2D eigenvalue weighted by molar-refractivity contribution is 7.91. The lowest BCUT2D eigenvalue weighted by molar-refractivity contribution is -0.124. The van der Waals surface area contributed by atoms with E-state index in [9.17, 15) is 17.6 Å². The Labute approximate surface area is 110 Å². The number of sulfone groups is 1. The molecule has 1 spiro atoms. The second-order valence-corrected chi connectivity index (χ2v) is 7.30. The average Bonchev–Trinajstić information content (AvgIpc) is 2.74. The molecular formula is C13H14FNO3S. The minimum atomic E-state index is -3.57. The molecule has 0 unspecified atom stereocenters. The van der Waals surface area contributed by atoms with Gasteiger partial charge in [0.05, 0.1) is 21.8 Å². The van der Waals surface area contributed by atoms with Crippen molar-refractivity contribution in [1.82, 2.24) is 0 Å². The predicted molar refractivity (Wildman–Crippen MR) is 68.0 cm³/mol. The molecule has 4 nitrogen and oxygen atoms in total.